The van der Waals surface area contributed by atoms with Crippen LogP contribution >= 0.6 is 0 Å². The van der Waals surface area contributed by atoms with Gasteiger partial charge in [0.2, 0.25) is 0 Å². The lowest BCUT2D eigenvalue weighted by atomic mass is 9.92. The highest BCUT2D eigenvalue weighted by molar-refractivity contribution is 6.05. The Morgan fingerprint density at radius 3 is 2.67 bits per heavy atom. The number of nitrogens with two attached hydrogens (primary N) is 1. The number of nitrogens with zero attached hydrogens (tertiary/aromatic N) is 3. The molecule has 1 unspecified atom stereocenters. The number of rotatable bonds is 7. The summed E-state index contributed by atoms with van der Waals surface area (Å²) >= 11 is 0. The average molecular weight is 579 g/mol. The van der Waals surface area contributed by atoms with E-state index in [9.17, 15) is 9.50 Å². The summed E-state index contributed by atoms with van der Waals surface area (Å²) in [4.78, 5) is 10.8. The van der Waals surface area contributed by atoms with E-state index in [0.717, 1.165) is 38.1 Å². The van der Waals surface area contributed by atoms with Gasteiger partial charge in [-0.25, -0.2) is 13.2 Å². The minimum Gasteiger partial charge on any atom is -0.508 e. The number of halogens is 3. The van der Waals surface area contributed by atoms with E-state index in [1.807, 2.05) is 0 Å². The normalized spacial score (nSPS) is 18.2. The molecule has 0 bridgehead atoms. The van der Waals surface area contributed by atoms with E-state index in [2.05, 4.69) is 27.7 Å². The quantitative estimate of drug-likeness (QED) is 0.295. The van der Waals surface area contributed by atoms with Crippen molar-refractivity contribution >= 4 is 27.5 Å². The molecule has 0 amide bonds. The summed E-state index contributed by atoms with van der Waals surface area (Å²) in [6, 6.07) is 5.04. The fourth-order valence-electron chi connectivity index (χ4n) is 5.70. The summed E-state index contributed by atoms with van der Waals surface area (Å²) in [5.41, 5.74) is 4.72. The number of hydrogen-bond donors (Lipinski definition) is 2. The summed E-state index contributed by atoms with van der Waals surface area (Å²) < 4.78 is 63.9. The molecule has 8 nitrogen and oxygen atoms in total. The highest BCUT2D eigenvalue weighted by Crippen LogP contribution is 2.48. The second-order valence-corrected chi connectivity index (χ2v) is 11.0. The molecule has 3 N–H and O–H groups in total. The molecule has 1 aromatic heterocycles. The maximum Gasteiger partial charge on any atom is 0.319 e. The van der Waals surface area contributed by atoms with Crippen LogP contribution in [0.25, 0.3) is 32.8 Å². The Bertz CT molecular complexity index is 1770. The Hall–Kier alpha value is -4.27. The zero-order valence-corrected chi connectivity index (χ0v) is 23.1. The maximum atomic E-state index is 16.4. The van der Waals surface area contributed by atoms with Gasteiger partial charge >= 0.3 is 6.01 Å². The first-order chi connectivity index (χ1) is 20.2. The lowest BCUT2D eigenvalue weighted by Crippen LogP contribution is -2.47. The van der Waals surface area contributed by atoms with Crippen LogP contribution in [-0.2, 0) is 4.74 Å². The standard InChI is InChI=1S/C31H29F3N4O4/c1-4-19-21(32)6-5-17-11-18(39)12-20(22(17)19)23-25(33)27-24(28(40-3)26(23)34)29(35)37-30(36-27)42-15-31(7-8-31)14-38-9-10-41-13-16(38)2/h1,5-6,11-12,16,39H,7-10,13-15H2,2-3H3,(H2,35,36,37). The van der Waals surface area contributed by atoms with Gasteiger partial charge in [-0.3, -0.25) is 4.90 Å². The molecule has 0 spiro atoms. The van der Waals surface area contributed by atoms with Gasteiger partial charge in [-0.2, -0.15) is 9.97 Å². The van der Waals surface area contributed by atoms with Crippen molar-refractivity contribution in [2.75, 3.05) is 45.8 Å². The van der Waals surface area contributed by atoms with Gasteiger partial charge in [0.15, 0.2) is 17.4 Å². The number of hydrogen-bond acceptors (Lipinski definition) is 8. The Morgan fingerprint density at radius 1 is 1.19 bits per heavy atom. The molecule has 4 aromatic rings. The van der Waals surface area contributed by atoms with Gasteiger partial charge < -0.3 is 25.1 Å². The minimum absolute atomic E-state index is 0.0426. The highest BCUT2D eigenvalue weighted by Gasteiger charge is 2.46. The average Bonchev–Trinajstić information content (AvgIpc) is 3.73. The number of ether oxygens (including phenoxy) is 3. The van der Waals surface area contributed by atoms with Crippen LogP contribution in [0.3, 0.4) is 0 Å². The number of fused-ring (bicyclic) bond motifs is 2. The van der Waals surface area contributed by atoms with E-state index in [4.69, 9.17) is 26.4 Å². The second-order valence-electron chi connectivity index (χ2n) is 11.0. The van der Waals surface area contributed by atoms with E-state index in [1.165, 1.54) is 19.2 Å². The Labute approximate surface area is 240 Å². The van der Waals surface area contributed by atoms with Gasteiger partial charge in [-0.1, -0.05) is 12.0 Å². The van der Waals surface area contributed by atoms with E-state index in [0.29, 0.717) is 13.2 Å². The molecule has 1 aliphatic heterocycles. The van der Waals surface area contributed by atoms with E-state index >= 15 is 8.78 Å². The van der Waals surface area contributed by atoms with Crippen molar-refractivity contribution in [3.05, 3.63) is 47.3 Å². The molecule has 1 atom stereocenters. The first kappa shape index (κ1) is 27.9. The Morgan fingerprint density at radius 2 is 1.98 bits per heavy atom. The van der Waals surface area contributed by atoms with E-state index in [1.54, 1.807) is 0 Å². The van der Waals surface area contributed by atoms with Gasteiger partial charge in [-0.05, 0) is 43.4 Å². The minimum atomic E-state index is -1.14. The van der Waals surface area contributed by atoms with Crippen LogP contribution < -0.4 is 15.2 Å². The number of aromatic hydroxyl groups is 1. The largest absolute Gasteiger partial charge is 0.508 e. The number of aromatic nitrogens is 2. The first-order valence-corrected chi connectivity index (χ1v) is 13.6. The molecular formula is C31H29F3N4O4. The molecular weight excluding hydrogens is 549 g/mol. The maximum absolute atomic E-state index is 16.4. The van der Waals surface area contributed by atoms with Crippen LogP contribution in [0, 0.1) is 35.2 Å². The predicted octanol–water partition coefficient (Wildman–Crippen LogP) is 5.02. The van der Waals surface area contributed by atoms with Crippen LogP contribution in [0.2, 0.25) is 0 Å². The monoisotopic (exact) mass is 578 g/mol. The fourth-order valence-corrected chi connectivity index (χ4v) is 5.70. The molecule has 218 valence electrons. The zero-order chi connectivity index (χ0) is 29.8. The molecule has 1 saturated heterocycles. The topological polar surface area (TPSA) is 103 Å². The van der Waals surface area contributed by atoms with Crippen LogP contribution in [0.1, 0.15) is 25.3 Å². The summed E-state index contributed by atoms with van der Waals surface area (Å²) in [6.07, 6.45) is 7.49. The Kier molecular flexibility index (Phi) is 6.99. The van der Waals surface area contributed by atoms with Gasteiger partial charge in [0, 0.05) is 35.5 Å². The van der Waals surface area contributed by atoms with Crippen molar-refractivity contribution < 1.29 is 32.5 Å². The first-order valence-electron chi connectivity index (χ1n) is 13.6. The van der Waals surface area contributed by atoms with Crippen LogP contribution in [0.4, 0.5) is 19.0 Å². The Balaban J connectivity index is 1.45. The SMILES string of the molecule is C#Cc1c(F)ccc2cc(O)cc(-c3c(F)c(OC)c4c(N)nc(OCC5(CN6CCOCC6C)CC5)nc4c3F)c12. The summed E-state index contributed by atoms with van der Waals surface area (Å²) in [7, 11) is 1.19. The smallest absolute Gasteiger partial charge is 0.319 e. The van der Waals surface area contributed by atoms with Crippen LogP contribution in [-0.4, -0.2) is 66.0 Å². The molecule has 1 saturated carbocycles. The highest BCUT2D eigenvalue weighted by atomic mass is 19.1. The van der Waals surface area contributed by atoms with Crippen molar-refractivity contribution in [2.24, 2.45) is 5.41 Å². The van der Waals surface area contributed by atoms with Gasteiger partial charge in [0.25, 0.3) is 0 Å². The van der Waals surface area contributed by atoms with E-state index in [-0.39, 0.29) is 68.4 Å². The van der Waals surface area contributed by atoms with Crippen LogP contribution in [0.5, 0.6) is 17.5 Å². The van der Waals surface area contributed by atoms with Gasteiger partial charge in [-0.15, -0.1) is 6.42 Å². The molecule has 3 aromatic carbocycles. The van der Waals surface area contributed by atoms with Crippen molar-refractivity contribution in [1.82, 2.24) is 14.9 Å². The summed E-state index contributed by atoms with van der Waals surface area (Å²) in [5, 5.41) is 10.6. The molecule has 42 heavy (non-hydrogen) atoms. The molecule has 0 radical (unpaired) electrons. The molecule has 6 rings (SSSR count). The number of methoxy groups -OCH3 is 1. The molecule has 11 heteroatoms. The lowest BCUT2D eigenvalue weighted by Gasteiger charge is -2.35. The lowest BCUT2D eigenvalue weighted by molar-refractivity contribution is -0.0134. The summed E-state index contributed by atoms with van der Waals surface area (Å²) in [6.45, 7) is 5.40. The van der Waals surface area contributed by atoms with Crippen molar-refractivity contribution in [3.63, 3.8) is 0 Å². The van der Waals surface area contributed by atoms with Crippen molar-refractivity contribution in [2.45, 2.75) is 25.8 Å². The van der Waals surface area contributed by atoms with E-state index < -0.39 is 28.8 Å². The number of terminal acetylenes is 1. The fraction of sp³-hybridized carbons (Fsp3) is 0.355. The second kappa shape index (κ2) is 10.5. The molecule has 2 fully saturated rings. The number of phenolic OH excluding ortho intramolecular Hbond substituents is 1. The number of benzene rings is 3. The predicted molar refractivity (Wildman–Crippen MR) is 152 cm³/mol. The molecule has 2 aliphatic rings. The van der Waals surface area contributed by atoms with Gasteiger partial charge in [0.1, 0.15) is 22.9 Å². The molecule has 2 heterocycles. The van der Waals surface area contributed by atoms with Crippen molar-refractivity contribution in [3.8, 4) is 41.0 Å². The van der Waals surface area contributed by atoms with Crippen molar-refractivity contribution in [1.29, 1.82) is 0 Å². The number of nitrogen functional groups attached to an aromatic ring is 1. The number of morpholine rings is 1. The van der Waals surface area contributed by atoms with Crippen LogP contribution in [0.15, 0.2) is 24.3 Å². The third-order valence-corrected chi connectivity index (χ3v) is 8.17. The molecule has 1 aliphatic carbocycles. The zero-order valence-electron chi connectivity index (χ0n) is 23.1. The summed E-state index contributed by atoms with van der Waals surface area (Å²) in [5.74, 6) is -1.72. The number of anilines is 1. The third-order valence-electron chi connectivity index (χ3n) is 8.17. The third kappa shape index (κ3) is 4.70. The number of phenols is 1. The van der Waals surface area contributed by atoms with Gasteiger partial charge in [0.05, 0.1) is 43.4 Å².